The Morgan fingerprint density at radius 3 is 2.09 bits per heavy atom. The third-order valence-corrected chi connectivity index (χ3v) is 4.36. The van der Waals surface area contributed by atoms with Crippen molar-refractivity contribution in [2.24, 2.45) is 0 Å². The molecular weight excluding hydrogens is 282 g/mol. The highest BCUT2D eigenvalue weighted by Crippen LogP contribution is 2.23. The van der Waals surface area contributed by atoms with Crippen LogP contribution in [0.2, 0.25) is 0 Å². The van der Waals surface area contributed by atoms with Gasteiger partial charge in [0, 0.05) is 12.1 Å². The fourth-order valence-electron chi connectivity index (χ4n) is 2.92. The molecule has 23 heavy (non-hydrogen) atoms. The molecule has 1 N–H and O–H groups in total. The first-order valence-corrected chi connectivity index (χ1v) is 9.54. The number of unbranched alkanes of at least 4 members (excludes halogenated alkanes) is 8. The fraction of sp³-hybridized carbons (Fsp3) is 0.667. The van der Waals surface area contributed by atoms with E-state index in [2.05, 4.69) is 32.2 Å². The predicted octanol–water partition coefficient (Wildman–Crippen LogP) is 6.67. The summed E-state index contributed by atoms with van der Waals surface area (Å²) in [6.07, 6.45) is 12.2. The number of rotatable bonds is 12. The van der Waals surface area contributed by atoms with E-state index in [1.54, 1.807) is 0 Å². The zero-order valence-electron chi connectivity index (χ0n) is 15.4. The minimum Gasteiger partial charge on any atom is -0.326 e. The molecule has 0 spiro atoms. The van der Waals surface area contributed by atoms with Crippen LogP contribution in [-0.4, -0.2) is 5.91 Å². The van der Waals surface area contributed by atoms with Gasteiger partial charge in [0.2, 0.25) is 5.91 Å². The molecule has 0 aliphatic rings. The third kappa shape index (κ3) is 8.78. The molecule has 1 amide bonds. The molecule has 2 nitrogen and oxygen atoms in total. The van der Waals surface area contributed by atoms with E-state index in [4.69, 9.17) is 0 Å². The third-order valence-electron chi connectivity index (χ3n) is 4.36. The zero-order valence-corrected chi connectivity index (χ0v) is 15.4. The van der Waals surface area contributed by atoms with Crippen molar-refractivity contribution >= 4 is 11.6 Å². The van der Waals surface area contributed by atoms with Crippen molar-refractivity contribution in [3.63, 3.8) is 0 Å². The van der Waals surface area contributed by atoms with Gasteiger partial charge in [0.25, 0.3) is 0 Å². The highest BCUT2D eigenvalue weighted by molar-refractivity contribution is 5.91. The van der Waals surface area contributed by atoms with Crippen molar-refractivity contribution in [2.45, 2.75) is 90.9 Å². The molecule has 1 aromatic rings. The first-order valence-electron chi connectivity index (χ1n) is 9.54. The molecule has 0 aliphatic carbocycles. The highest BCUT2D eigenvalue weighted by atomic mass is 16.1. The number of carbonyl (C=O) groups excluding carboxylic acids is 1. The largest absolute Gasteiger partial charge is 0.326 e. The van der Waals surface area contributed by atoms with Gasteiger partial charge in [0.1, 0.15) is 0 Å². The number of hydrogen-bond donors (Lipinski definition) is 1. The maximum absolute atomic E-state index is 12.1. The molecule has 0 bridgehead atoms. The van der Waals surface area contributed by atoms with E-state index in [0.29, 0.717) is 12.3 Å². The number of benzene rings is 1. The molecule has 1 rings (SSSR count). The van der Waals surface area contributed by atoms with Crippen LogP contribution in [0.5, 0.6) is 0 Å². The lowest BCUT2D eigenvalue weighted by Gasteiger charge is -2.13. The van der Waals surface area contributed by atoms with Crippen LogP contribution in [0.1, 0.15) is 96.5 Å². The second-order valence-electron chi connectivity index (χ2n) is 6.87. The Bertz CT molecular complexity index is 439. The highest BCUT2D eigenvalue weighted by Gasteiger charge is 2.08. The van der Waals surface area contributed by atoms with E-state index >= 15 is 0 Å². The van der Waals surface area contributed by atoms with Gasteiger partial charge in [-0.3, -0.25) is 4.79 Å². The summed E-state index contributed by atoms with van der Waals surface area (Å²) in [5.41, 5.74) is 2.19. The van der Waals surface area contributed by atoms with Crippen molar-refractivity contribution in [1.29, 1.82) is 0 Å². The molecule has 0 aliphatic heterocycles. The average molecular weight is 318 g/mol. The Morgan fingerprint density at radius 1 is 0.913 bits per heavy atom. The Kier molecular flexibility index (Phi) is 10.4. The first kappa shape index (κ1) is 19.7. The van der Waals surface area contributed by atoms with Gasteiger partial charge in [-0.2, -0.15) is 0 Å². The van der Waals surface area contributed by atoms with E-state index in [0.717, 1.165) is 12.1 Å². The van der Waals surface area contributed by atoms with Gasteiger partial charge in [-0.1, -0.05) is 90.3 Å². The van der Waals surface area contributed by atoms with Crippen LogP contribution in [0.4, 0.5) is 5.69 Å². The van der Waals surface area contributed by atoms with E-state index in [1.807, 2.05) is 18.2 Å². The molecule has 0 radical (unpaired) electrons. The number of hydrogen-bond acceptors (Lipinski definition) is 1. The van der Waals surface area contributed by atoms with E-state index in [1.165, 1.54) is 56.9 Å². The average Bonchev–Trinajstić information content (AvgIpc) is 2.53. The summed E-state index contributed by atoms with van der Waals surface area (Å²) in [5.74, 6) is 0.584. The standard InChI is InChI=1S/C21H35NO/c1-4-5-6-7-8-9-10-11-12-17-21(23)22-20-16-14-13-15-19(20)18(2)3/h13-16,18H,4-12,17H2,1-3H3,(H,22,23). The minimum atomic E-state index is 0.154. The van der Waals surface area contributed by atoms with Crippen molar-refractivity contribution < 1.29 is 4.79 Å². The van der Waals surface area contributed by atoms with Crippen LogP contribution in [0, 0.1) is 0 Å². The normalized spacial score (nSPS) is 11.0. The van der Waals surface area contributed by atoms with Crippen LogP contribution >= 0.6 is 0 Å². The Balaban J connectivity index is 2.13. The quantitative estimate of drug-likeness (QED) is 0.428. The maximum atomic E-state index is 12.1. The zero-order chi connectivity index (χ0) is 16.9. The predicted molar refractivity (Wildman–Crippen MR) is 101 cm³/mol. The second-order valence-corrected chi connectivity index (χ2v) is 6.87. The summed E-state index contributed by atoms with van der Waals surface area (Å²) in [5, 5.41) is 3.08. The van der Waals surface area contributed by atoms with Gasteiger partial charge in [-0.05, 0) is 24.0 Å². The molecule has 1 aromatic carbocycles. The van der Waals surface area contributed by atoms with Crippen molar-refractivity contribution in [2.75, 3.05) is 5.32 Å². The lowest BCUT2D eigenvalue weighted by molar-refractivity contribution is -0.116. The van der Waals surface area contributed by atoms with Crippen LogP contribution in [-0.2, 0) is 4.79 Å². The molecule has 0 aromatic heterocycles. The summed E-state index contributed by atoms with van der Waals surface area (Å²) in [7, 11) is 0. The van der Waals surface area contributed by atoms with E-state index in [-0.39, 0.29) is 5.91 Å². The topological polar surface area (TPSA) is 29.1 Å². The van der Waals surface area contributed by atoms with Crippen molar-refractivity contribution in [3.05, 3.63) is 29.8 Å². The minimum absolute atomic E-state index is 0.154. The number of nitrogens with one attached hydrogen (secondary N) is 1. The van der Waals surface area contributed by atoms with Crippen molar-refractivity contribution in [3.8, 4) is 0 Å². The second kappa shape index (κ2) is 12.2. The Labute approximate surface area is 143 Å². The monoisotopic (exact) mass is 317 g/mol. The number of para-hydroxylation sites is 1. The van der Waals surface area contributed by atoms with Gasteiger partial charge >= 0.3 is 0 Å². The van der Waals surface area contributed by atoms with Crippen LogP contribution < -0.4 is 5.32 Å². The molecule has 0 unspecified atom stereocenters. The van der Waals surface area contributed by atoms with Crippen LogP contribution in [0.25, 0.3) is 0 Å². The molecule has 130 valence electrons. The maximum Gasteiger partial charge on any atom is 0.224 e. The van der Waals surface area contributed by atoms with Crippen molar-refractivity contribution in [1.82, 2.24) is 0 Å². The van der Waals surface area contributed by atoms with Crippen LogP contribution in [0.15, 0.2) is 24.3 Å². The molecule has 2 heteroatoms. The molecule has 0 saturated heterocycles. The van der Waals surface area contributed by atoms with E-state index < -0.39 is 0 Å². The Morgan fingerprint density at radius 2 is 1.48 bits per heavy atom. The molecule has 0 atom stereocenters. The summed E-state index contributed by atoms with van der Waals surface area (Å²) >= 11 is 0. The van der Waals surface area contributed by atoms with Gasteiger partial charge < -0.3 is 5.32 Å². The molecule has 0 saturated carbocycles. The first-order chi connectivity index (χ1) is 11.1. The lowest BCUT2D eigenvalue weighted by atomic mass is 10.0. The molecule has 0 heterocycles. The van der Waals surface area contributed by atoms with E-state index in [9.17, 15) is 4.79 Å². The SMILES string of the molecule is CCCCCCCCCCCC(=O)Nc1ccccc1C(C)C. The fourth-order valence-corrected chi connectivity index (χ4v) is 2.92. The summed E-state index contributed by atoms with van der Waals surface area (Å²) < 4.78 is 0. The van der Waals surface area contributed by atoms with Gasteiger partial charge in [-0.25, -0.2) is 0 Å². The summed E-state index contributed by atoms with van der Waals surface area (Å²) in [4.78, 5) is 12.1. The number of carbonyl (C=O) groups is 1. The van der Waals surface area contributed by atoms with Gasteiger partial charge in [0.15, 0.2) is 0 Å². The Hall–Kier alpha value is -1.31. The van der Waals surface area contributed by atoms with Gasteiger partial charge in [0.05, 0.1) is 0 Å². The summed E-state index contributed by atoms with van der Waals surface area (Å²) in [6.45, 7) is 6.57. The lowest BCUT2D eigenvalue weighted by Crippen LogP contribution is -2.13. The van der Waals surface area contributed by atoms with Gasteiger partial charge in [-0.15, -0.1) is 0 Å². The number of anilines is 1. The van der Waals surface area contributed by atoms with Crippen LogP contribution in [0.3, 0.4) is 0 Å². The molecule has 0 fully saturated rings. The molecular formula is C21H35NO. The smallest absolute Gasteiger partial charge is 0.224 e. The number of amides is 1. The summed E-state index contributed by atoms with van der Waals surface area (Å²) in [6, 6.07) is 8.12.